The Morgan fingerprint density at radius 1 is 1.10 bits per heavy atom. The summed E-state index contributed by atoms with van der Waals surface area (Å²) in [6.07, 6.45) is -1.37. The molecule has 164 valence electrons. The number of ketones is 1. The molecule has 2 N–H and O–H groups in total. The molecular weight excluding hydrogens is 420 g/mol. The van der Waals surface area contributed by atoms with Crippen molar-refractivity contribution in [1.82, 2.24) is 4.57 Å². The Hall–Kier alpha value is -2.76. The van der Waals surface area contributed by atoms with E-state index in [1.54, 1.807) is 12.1 Å². The van der Waals surface area contributed by atoms with Gasteiger partial charge in [0.05, 0.1) is 6.16 Å². The molecule has 8 heteroatoms. The Morgan fingerprint density at radius 3 is 2.35 bits per heavy atom. The van der Waals surface area contributed by atoms with Crippen LogP contribution in [0.4, 0.5) is 4.39 Å². The number of carbonyl (C=O) groups is 2. The average Bonchev–Trinajstić information content (AvgIpc) is 3.00. The van der Waals surface area contributed by atoms with Gasteiger partial charge in [-0.25, -0.2) is 4.39 Å². The molecule has 0 bridgehead atoms. The SMILES string of the molecule is CC(C)n1c(CCP(=O)(O)CC(=O)CC(=O)O)c(-c2ccc(F)cc2)c2ccccc21. The van der Waals surface area contributed by atoms with Gasteiger partial charge >= 0.3 is 5.97 Å². The van der Waals surface area contributed by atoms with Gasteiger partial charge in [-0.05, 0) is 44.0 Å². The van der Waals surface area contributed by atoms with Gasteiger partial charge in [-0.3, -0.25) is 14.2 Å². The summed E-state index contributed by atoms with van der Waals surface area (Å²) >= 11 is 0. The third kappa shape index (κ3) is 5.30. The van der Waals surface area contributed by atoms with Crippen LogP contribution < -0.4 is 0 Å². The number of aromatic nitrogens is 1. The van der Waals surface area contributed by atoms with Crippen molar-refractivity contribution in [1.29, 1.82) is 0 Å². The minimum absolute atomic E-state index is 0.0563. The molecule has 0 spiro atoms. The molecule has 1 aromatic heterocycles. The van der Waals surface area contributed by atoms with Crippen LogP contribution in [0.1, 0.15) is 32.0 Å². The number of nitrogens with zero attached hydrogens (tertiary/aromatic N) is 1. The van der Waals surface area contributed by atoms with Crippen LogP contribution in [0.15, 0.2) is 48.5 Å². The highest BCUT2D eigenvalue weighted by molar-refractivity contribution is 7.59. The molecule has 6 nitrogen and oxygen atoms in total. The molecule has 0 saturated carbocycles. The summed E-state index contributed by atoms with van der Waals surface area (Å²) in [6.45, 7) is 4.03. The van der Waals surface area contributed by atoms with E-state index in [2.05, 4.69) is 4.57 Å². The zero-order valence-electron chi connectivity index (χ0n) is 17.4. The van der Waals surface area contributed by atoms with E-state index in [0.717, 1.165) is 27.7 Å². The van der Waals surface area contributed by atoms with E-state index >= 15 is 0 Å². The van der Waals surface area contributed by atoms with Crippen LogP contribution in [-0.2, 0) is 20.6 Å². The summed E-state index contributed by atoms with van der Waals surface area (Å²) in [6, 6.07) is 13.9. The van der Waals surface area contributed by atoms with E-state index in [9.17, 15) is 23.4 Å². The van der Waals surface area contributed by atoms with Crippen molar-refractivity contribution in [3.63, 3.8) is 0 Å². The number of fused-ring (bicyclic) bond motifs is 1. The highest BCUT2D eigenvalue weighted by atomic mass is 31.2. The van der Waals surface area contributed by atoms with Gasteiger partial charge in [-0.15, -0.1) is 0 Å². The first-order chi connectivity index (χ1) is 14.6. The number of para-hydroxylation sites is 1. The normalized spacial score (nSPS) is 13.5. The summed E-state index contributed by atoms with van der Waals surface area (Å²) in [5.41, 5.74) is 3.44. The zero-order chi connectivity index (χ0) is 22.8. The van der Waals surface area contributed by atoms with Gasteiger partial charge in [0.1, 0.15) is 12.2 Å². The molecule has 1 unspecified atom stereocenters. The van der Waals surface area contributed by atoms with E-state index in [1.165, 1.54) is 12.1 Å². The zero-order valence-corrected chi connectivity index (χ0v) is 18.3. The number of carboxylic acids is 1. The van der Waals surface area contributed by atoms with Crippen LogP contribution in [-0.4, -0.2) is 38.6 Å². The van der Waals surface area contributed by atoms with E-state index in [0.29, 0.717) is 0 Å². The van der Waals surface area contributed by atoms with Crippen LogP contribution in [0.5, 0.6) is 0 Å². The van der Waals surface area contributed by atoms with Gasteiger partial charge in [0.2, 0.25) is 7.37 Å². The largest absolute Gasteiger partial charge is 0.481 e. The lowest BCUT2D eigenvalue weighted by Gasteiger charge is -2.18. The Kier molecular flexibility index (Phi) is 6.77. The Bertz CT molecular complexity index is 1170. The fourth-order valence-electron chi connectivity index (χ4n) is 3.95. The molecule has 0 aliphatic rings. The number of carbonyl (C=O) groups excluding carboxylic acids is 1. The smallest absolute Gasteiger partial charge is 0.310 e. The first kappa shape index (κ1) is 22.9. The number of hydrogen-bond donors (Lipinski definition) is 2. The van der Waals surface area contributed by atoms with E-state index in [4.69, 9.17) is 5.11 Å². The average molecular weight is 445 g/mol. The molecule has 0 aliphatic heterocycles. The second-order valence-corrected chi connectivity index (χ2v) is 10.4. The van der Waals surface area contributed by atoms with Crippen LogP contribution in [0, 0.1) is 5.82 Å². The van der Waals surface area contributed by atoms with Crippen molar-refractivity contribution in [2.75, 3.05) is 12.3 Å². The Balaban J connectivity index is 2.04. The molecule has 0 radical (unpaired) electrons. The van der Waals surface area contributed by atoms with Crippen LogP contribution in [0.2, 0.25) is 0 Å². The second-order valence-electron chi connectivity index (χ2n) is 7.90. The molecule has 31 heavy (non-hydrogen) atoms. The number of rotatable bonds is 9. The quantitative estimate of drug-likeness (QED) is 0.361. The number of benzene rings is 2. The number of aliphatic carboxylic acids is 1. The standard InChI is InChI=1S/C23H25FNO5P/c1-15(2)25-20-6-4-3-5-19(20)23(16-7-9-17(24)10-8-16)21(25)11-12-31(29,30)14-18(26)13-22(27)28/h3-10,15H,11-14H2,1-2H3,(H,27,28)(H,29,30). The van der Waals surface area contributed by atoms with E-state index in [-0.39, 0.29) is 24.4 Å². The second kappa shape index (κ2) is 9.16. The molecule has 0 saturated heterocycles. The monoisotopic (exact) mass is 445 g/mol. The minimum Gasteiger partial charge on any atom is -0.481 e. The lowest BCUT2D eigenvalue weighted by molar-refractivity contribution is -0.139. The van der Waals surface area contributed by atoms with Gasteiger partial charge in [-0.2, -0.15) is 0 Å². The molecule has 0 amide bonds. The number of carboxylic acid groups (broad SMARTS) is 1. The van der Waals surface area contributed by atoms with Crippen molar-refractivity contribution in [2.24, 2.45) is 0 Å². The molecule has 0 fully saturated rings. The van der Waals surface area contributed by atoms with Gasteiger partial charge in [0, 0.05) is 34.4 Å². The predicted octanol–water partition coefficient (Wildman–Crippen LogP) is 4.89. The minimum atomic E-state index is -3.87. The van der Waals surface area contributed by atoms with E-state index < -0.39 is 31.7 Å². The van der Waals surface area contributed by atoms with Gasteiger partial charge in [0.15, 0.2) is 5.78 Å². The lowest BCUT2D eigenvalue weighted by Crippen LogP contribution is -2.14. The van der Waals surface area contributed by atoms with Crippen LogP contribution >= 0.6 is 7.37 Å². The number of Topliss-reactive ketones (excluding diaryl/α,β-unsaturated/α-hetero) is 1. The predicted molar refractivity (Wildman–Crippen MR) is 118 cm³/mol. The van der Waals surface area contributed by atoms with Crippen molar-refractivity contribution in [2.45, 2.75) is 32.7 Å². The fourth-order valence-corrected chi connectivity index (χ4v) is 5.33. The first-order valence-corrected chi connectivity index (χ1v) is 12.0. The maximum absolute atomic E-state index is 13.5. The highest BCUT2D eigenvalue weighted by Crippen LogP contribution is 2.44. The van der Waals surface area contributed by atoms with Crippen LogP contribution in [0.25, 0.3) is 22.0 Å². The first-order valence-electron chi connectivity index (χ1n) is 10.0. The summed E-state index contributed by atoms with van der Waals surface area (Å²) < 4.78 is 28.3. The summed E-state index contributed by atoms with van der Waals surface area (Å²) in [4.78, 5) is 32.8. The Morgan fingerprint density at radius 2 is 1.74 bits per heavy atom. The van der Waals surface area contributed by atoms with Crippen molar-refractivity contribution >= 4 is 30.0 Å². The molecule has 1 heterocycles. The maximum atomic E-state index is 13.5. The summed E-state index contributed by atoms with van der Waals surface area (Å²) in [7, 11) is -3.87. The van der Waals surface area contributed by atoms with Gasteiger partial charge in [0.25, 0.3) is 0 Å². The topological polar surface area (TPSA) is 96.6 Å². The third-order valence-electron chi connectivity index (χ3n) is 5.13. The number of halogens is 1. The molecule has 1 atom stereocenters. The third-order valence-corrected chi connectivity index (χ3v) is 6.90. The maximum Gasteiger partial charge on any atom is 0.310 e. The van der Waals surface area contributed by atoms with Crippen molar-refractivity contribution in [3.05, 3.63) is 60.0 Å². The summed E-state index contributed by atoms with van der Waals surface area (Å²) in [5.74, 6) is -2.43. The molecular formula is C23H25FNO5P. The molecule has 0 aliphatic carbocycles. The summed E-state index contributed by atoms with van der Waals surface area (Å²) in [5, 5.41) is 9.68. The highest BCUT2D eigenvalue weighted by Gasteiger charge is 2.27. The van der Waals surface area contributed by atoms with Gasteiger partial charge < -0.3 is 14.6 Å². The lowest BCUT2D eigenvalue weighted by atomic mass is 10.0. The fraction of sp³-hybridized carbons (Fsp3) is 0.304. The van der Waals surface area contributed by atoms with Gasteiger partial charge in [-0.1, -0.05) is 30.3 Å². The molecule has 3 aromatic rings. The van der Waals surface area contributed by atoms with Crippen LogP contribution in [0.3, 0.4) is 0 Å². The Labute approximate surface area is 179 Å². The van der Waals surface area contributed by atoms with Crippen molar-refractivity contribution in [3.8, 4) is 11.1 Å². The number of hydrogen-bond acceptors (Lipinski definition) is 3. The van der Waals surface area contributed by atoms with Crippen molar-refractivity contribution < 1.29 is 28.5 Å². The molecule has 3 rings (SSSR count). The van der Waals surface area contributed by atoms with E-state index in [1.807, 2.05) is 38.1 Å². The molecule has 2 aromatic carbocycles.